The summed E-state index contributed by atoms with van der Waals surface area (Å²) in [5.74, 6) is 0.101. The average Bonchev–Trinajstić information content (AvgIpc) is 2.79. The van der Waals surface area contributed by atoms with Gasteiger partial charge in [0, 0.05) is 4.47 Å². The van der Waals surface area contributed by atoms with Gasteiger partial charge in [-0.25, -0.2) is 9.78 Å². The van der Waals surface area contributed by atoms with E-state index in [1.807, 2.05) is 61.5 Å². The molecule has 0 bridgehead atoms. The highest BCUT2D eigenvalue weighted by molar-refractivity contribution is 9.10. The highest BCUT2D eigenvalue weighted by Gasteiger charge is 2.38. The van der Waals surface area contributed by atoms with Gasteiger partial charge in [0.1, 0.15) is 5.82 Å². The zero-order valence-corrected chi connectivity index (χ0v) is 20.0. The number of carbonyl (C=O) groups excluding carboxylic acids is 1. The van der Waals surface area contributed by atoms with E-state index in [1.54, 1.807) is 6.92 Å². The SMILES string of the molecule is CCOC(=O)C1=C(c2ccccc2)Nc2nc(SCC)[nH]c(=O)c2C1c1cccc(Br)c1. The van der Waals surface area contributed by atoms with Gasteiger partial charge < -0.3 is 15.0 Å². The van der Waals surface area contributed by atoms with Crippen LogP contribution in [0, 0.1) is 0 Å². The van der Waals surface area contributed by atoms with Crippen molar-refractivity contribution in [2.45, 2.75) is 24.9 Å². The van der Waals surface area contributed by atoms with Gasteiger partial charge in [-0.15, -0.1) is 0 Å². The van der Waals surface area contributed by atoms with Crippen molar-refractivity contribution in [2.75, 3.05) is 17.7 Å². The summed E-state index contributed by atoms with van der Waals surface area (Å²) in [5.41, 5.74) is 2.69. The van der Waals surface area contributed by atoms with Gasteiger partial charge in [0.2, 0.25) is 0 Å². The van der Waals surface area contributed by atoms with Crippen molar-refractivity contribution in [3.8, 4) is 0 Å². The Hall–Kier alpha value is -2.84. The molecule has 2 N–H and O–H groups in total. The first kappa shape index (κ1) is 22.4. The van der Waals surface area contributed by atoms with Crippen molar-refractivity contribution >= 4 is 45.2 Å². The molecule has 0 spiro atoms. The monoisotopic (exact) mass is 511 g/mol. The van der Waals surface area contributed by atoms with E-state index >= 15 is 0 Å². The number of benzene rings is 2. The lowest BCUT2D eigenvalue weighted by Gasteiger charge is -2.30. The molecule has 3 aromatic rings. The van der Waals surface area contributed by atoms with E-state index in [9.17, 15) is 9.59 Å². The van der Waals surface area contributed by atoms with Crippen LogP contribution < -0.4 is 10.9 Å². The predicted molar refractivity (Wildman–Crippen MR) is 131 cm³/mol. The molecule has 2 heterocycles. The maximum Gasteiger partial charge on any atom is 0.337 e. The maximum atomic E-state index is 13.3. The second-order valence-electron chi connectivity index (χ2n) is 7.05. The minimum atomic E-state index is -0.644. The van der Waals surface area contributed by atoms with E-state index < -0.39 is 11.9 Å². The van der Waals surface area contributed by atoms with Crippen LogP contribution in [0.4, 0.5) is 5.82 Å². The van der Waals surface area contributed by atoms with Crippen molar-refractivity contribution in [2.24, 2.45) is 0 Å². The summed E-state index contributed by atoms with van der Waals surface area (Å²) in [5, 5.41) is 3.81. The number of thioether (sulfide) groups is 1. The Balaban J connectivity index is 2.04. The summed E-state index contributed by atoms with van der Waals surface area (Å²) < 4.78 is 6.30. The summed E-state index contributed by atoms with van der Waals surface area (Å²) in [6.07, 6.45) is 0. The minimum Gasteiger partial charge on any atom is -0.463 e. The molecule has 1 aromatic heterocycles. The van der Waals surface area contributed by atoms with Crippen LogP contribution in [-0.2, 0) is 9.53 Å². The Morgan fingerprint density at radius 3 is 2.62 bits per heavy atom. The Labute approximate surface area is 198 Å². The first-order chi connectivity index (χ1) is 15.5. The quantitative estimate of drug-likeness (QED) is 0.269. The summed E-state index contributed by atoms with van der Waals surface area (Å²) in [6.45, 7) is 3.99. The van der Waals surface area contributed by atoms with Crippen LogP contribution in [0.3, 0.4) is 0 Å². The molecule has 0 aliphatic carbocycles. The van der Waals surface area contributed by atoms with Gasteiger partial charge in [-0.2, -0.15) is 0 Å². The number of aromatic nitrogens is 2. The van der Waals surface area contributed by atoms with Crippen LogP contribution in [0.15, 0.2) is 74.6 Å². The molecule has 6 nitrogen and oxygen atoms in total. The molecule has 0 radical (unpaired) electrons. The van der Waals surface area contributed by atoms with Crippen LogP contribution in [0.25, 0.3) is 5.70 Å². The fraction of sp³-hybridized carbons (Fsp3) is 0.208. The van der Waals surface area contributed by atoms with Crippen molar-refractivity contribution in [3.63, 3.8) is 0 Å². The second-order valence-corrected chi connectivity index (χ2v) is 9.22. The minimum absolute atomic E-state index is 0.225. The number of carbonyl (C=O) groups is 1. The number of aromatic amines is 1. The van der Waals surface area contributed by atoms with Crippen molar-refractivity contribution in [1.82, 2.24) is 9.97 Å². The average molecular weight is 512 g/mol. The van der Waals surface area contributed by atoms with Gasteiger partial charge in [-0.3, -0.25) is 4.79 Å². The van der Waals surface area contributed by atoms with E-state index in [-0.39, 0.29) is 12.2 Å². The second kappa shape index (κ2) is 9.75. The Bertz CT molecular complexity index is 1240. The first-order valence-electron chi connectivity index (χ1n) is 10.3. The number of anilines is 1. The van der Waals surface area contributed by atoms with Crippen LogP contribution in [0.1, 0.15) is 36.5 Å². The zero-order chi connectivity index (χ0) is 22.7. The van der Waals surface area contributed by atoms with Gasteiger partial charge in [-0.05, 0) is 35.9 Å². The Morgan fingerprint density at radius 1 is 1.16 bits per heavy atom. The highest BCUT2D eigenvalue weighted by Crippen LogP contribution is 2.43. The van der Waals surface area contributed by atoms with E-state index in [2.05, 4.69) is 31.2 Å². The number of halogens is 1. The molecule has 0 amide bonds. The summed E-state index contributed by atoms with van der Waals surface area (Å²) in [7, 11) is 0. The number of rotatable bonds is 6. The smallest absolute Gasteiger partial charge is 0.337 e. The molecule has 32 heavy (non-hydrogen) atoms. The number of nitrogens with zero attached hydrogens (tertiary/aromatic N) is 1. The molecule has 1 aliphatic rings. The number of H-pyrrole nitrogens is 1. The lowest BCUT2D eigenvalue weighted by Crippen LogP contribution is -2.31. The molecule has 1 aliphatic heterocycles. The first-order valence-corrected chi connectivity index (χ1v) is 12.1. The number of fused-ring (bicyclic) bond motifs is 1. The molecule has 164 valence electrons. The molecule has 1 unspecified atom stereocenters. The van der Waals surface area contributed by atoms with Crippen LogP contribution in [-0.4, -0.2) is 28.3 Å². The summed E-state index contributed by atoms with van der Waals surface area (Å²) in [6, 6.07) is 17.2. The third-order valence-corrected chi connectivity index (χ3v) is 6.29. The van der Waals surface area contributed by atoms with Crippen LogP contribution in [0.2, 0.25) is 0 Å². The molecular formula is C24H22BrN3O3S. The molecule has 0 saturated carbocycles. The zero-order valence-electron chi connectivity index (χ0n) is 17.6. The fourth-order valence-corrected chi connectivity index (χ4v) is 4.80. The van der Waals surface area contributed by atoms with Crippen LogP contribution >= 0.6 is 27.7 Å². The van der Waals surface area contributed by atoms with Gasteiger partial charge in [0.25, 0.3) is 5.56 Å². The van der Waals surface area contributed by atoms with Gasteiger partial charge >= 0.3 is 5.97 Å². The normalized spacial score (nSPS) is 15.2. The van der Waals surface area contributed by atoms with Gasteiger partial charge in [0.05, 0.1) is 29.4 Å². The van der Waals surface area contributed by atoms with Crippen LogP contribution in [0.5, 0.6) is 0 Å². The van der Waals surface area contributed by atoms with Crippen molar-refractivity contribution < 1.29 is 9.53 Å². The fourth-order valence-electron chi connectivity index (χ4n) is 3.79. The van der Waals surface area contributed by atoms with E-state index in [1.165, 1.54) is 11.8 Å². The topological polar surface area (TPSA) is 84.1 Å². The number of hydrogen-bond acceptors (Lipinski definition) is 6. The predicted octanol–water partition coefficient (Wildman–Crippen LogP) is 5.18. The maximum absolute atomic E-state index is 13.3. The largest absolute Gasteiger partial charge is 0.463 e. The molecule has 0 fully saturated rings. The number of nitrogens with one attached hydrogen (secondary N) is 2. The number of ether oxygens (including phenoxy) is 1. The molecule has 2 aromatic carbocycles. The van der Waals surface area contributed by atoms with Crippen molar-refractivity contribution in [1.29, 1.82) is 0 Å². The Morgan fingerprint density at radius 2 is 1.94 bits per heavy atom. The Kier molecular flexibility index (Phi) is 6.81. The van der Waals surface area contributed by atoms with E-state index in [0.29, 0.717) is 27.8 Å². The lowest BCUT2D eigenvalue weighted by atomic mass is 9.81. The highest BCUT2D eigenvalue weighted by atomic mass is 79.9. The molecule has 1 atom stereocenters. The molecule has 4 rings (SSSR count). The summed E-state index contributed by atoms with van der Waals surface area (Å²) in [4.78, 5) is 34.1. The number of esters is 1. The van der Waals surface area contributed by atoms with Gasteiger partial charge in [0.15, 0.2) is 5.16 Å². The number of hydrogen-bond donors (Lipinski definition) is 2. The third kappa shape index (κ3) is 4.38. The van der Waals surface area contributed by atoms with Gasteiger partial charge in [-0.1, -0.05) is 77.1 Å². The van der Waals surface area contributed by atoms with Crippen molar-refractivity contribution in [3.05, 3.63) is 91.7 Å². The standard InChI is InChI=1S/C24H22BrN3O3S/c1-3-31-23(30)18-17(15-11-8-12-16(25)13-15)19-21(27-24(32-4-2)28-22(19)29)26-20(18)14-9-6-5-7-10-14/h5-13,17H,3-4H2,1-2H3,(H2,26,27,28,29). The van der Waals surface area contributed by atoms with E-state index in [0.717, 1.165) is 21.4 Å². The molecular weight excluding hydrogens is 490 g/mol. The third-order valence-electron chi connectivity index (χ3n) is 5.04. The lowest BCUT2D eigenvalue weighted by molar-refractivity contribution is -0.138. The molecule has 8 heteroatoms. The summed E-state index contributed by atoms with van der Waals surface area (Å²) >= 11 is 4.97. The van der Waals surface area contributed by atoms with E-state index in [4.69, 9.17) is 4.74 Å². The molecule has 0 saturated heterocycles.